The largest absolute Gasteiger partial charge is 0.444 e. The third-order valence-corrected chi connectivity index (χ3v) is 2.57. The molecule has 2 rings (SSSR count). The number of halogens is 1. The Labute approximate surface area is 119 Å². The molecule has 0 saturated carbocycles. The van der Waals surface area contributed by atoms with Crippen molar-refractivity contribution in [1.29, 1.82) is 0 Å². The zero-order valence-corrected chi connectivity index (χ0v) is 12.5. The minimum Gasteiger partial charge on any atom is -0.444 e. The molecule has 0 aliphatic carbocycles. The normalized spacial score (nSPS) is 11.4. The fourth-order valence-electron chi connectivity index (χ4n) is 1.46. The van der Waals surface area contributed by atoms with Crippen molar-refractivity contribution in [3.05, 3.63) is 28.9 Å². The summed E-state index contributed by atoms with van der Waals surface area (Å²) in [6.45, 7) is 5.42. The van der Waals surface area contributed by atoms with E-state index in [0.29, 0.717) is 11.5 Å². The molecule has 0 aliphatic heterocycles. The molecule has 0 spiro atoms. The number of hydrogen-bond donors (Lipinski definition) is 1. The van der Waals surface area contributed by atoms with Crippen molar-refractivity contribution in [2.45, 2.75) is 26.4 Å². The van der Waals surface area contributed by atoms with E-state index >= 15 is 0 Å². The van der Waals surface area contributed by atoms with Crippen molar-refractivity contribution in [3.63, 3.8) is 0 Å². The summed E-state index contributed by atoms with van der Waals surface area (Å²) < 4.78 is 6.04. The average Bonchev–Trinajstić information content (AvgIpc) is 2.26. The summed E-state index contributed by atoms with van der Waals surface area (Å²) in [7, 11) is 0. The van der Waals surface area contributed by atoms with Gasteiger partial charge < -0.3 is 4.74 Å². The lowest BCUT2D eigenvalue weighted by atomic mass is 10.2. The zero-order valence-electron chi connectivity index (χ0n) is 10.9. The molecule has 1 N–H and O–H groups in total. The number of rotatable bonds is 1. The summed E-state index contributed by atoms with van der Waals surface area (Å²) in [5.41, 5.74) is 0.0288. The van der Waals surface area contributed by atoms with Crippen LogP contribution in [0.4, 0.5) is 10.6 Å². The van der Waals surface area contributed by atoms with Crippen molar-refractivity contribution < 1.29 is 9.53 Å². The van der Waals surface area contributed by atoms with Crippen LogP contribution in [-0.4, -0.2) is 21.7 Å². The Hall–Kier alpha value is -1.69. The predicted octanol–water partition coefficient (Wildman–Crippen LogP) is 3.74. The minimum absolute atomic E-state index is 0.413. The van der Waals surface area contributed by atoms with E-state index in [-0.39, 0.29) is 0 Å². The first-order chi connectivity index (χ1) is 8.83. The van der Waals surface area contributed by atoms with Gasteiger partial charge in [0.05, 0.1) is 0 Å². The first-order valence-corrected chi connectivity index (χ1v) is 6.55. The van der Waals surface area contributed by atoms with Crippen LogP contribution in [0.3, 0.4) is 0 Å². The van der Waals surface area contributed by atoms with E-state index in [1.807, 2.05) is 12.1 Å². The quantitative estimate of drug-likeness (QED) is 0.868. The highest BCUT2D eigenvalue weighted by Gasteiger charge is 2.16. The van der Waals surface area contributed by atoms with Gasteiger partial charge in [0.2, 0.25) is 0 Å². The number of fused-ring (bicyclic) bond motifs is 1. The van der Waals surface area contributed by atoms with Crippen molar-refractivity contribution >= 4 is 38.9 Å². The first kappa shape index (κ1) is 13.7. The summed E-state index contributed by atoms with van der Waals surface area (Å²) in [5, 5.41) is 3.47. The van der Waals surface area contributed by atoms with E-state index in [4.69, 9.17) is 4.74 Å². The van der Waals surface area contributed by atoms with Crippen LogP contribution >= 0.6 is 15.9 Å². The Morgan fingerprint density at radius 3 is 2.79 bits per heavy atom. The molecule has 0 aromatic carbocycles. The molecule has 0 bridgehead atoms. The van der Waals surface area contributed by atoms with Gasteiger partial charge in [-0.1, -0.05) is 0 Å². The van der Waals surface area contributed by atoms with Gasteiger partial charge in [0.1, 0.15) is 11.4 Å². The summed E-state index contributed by atoms with van der Waals surface area (Å²) in [4.78, 5) is 20.0. The average molecular weight is 324 g/mol. The molecule has 100 valence electrons. The van der Waals surface area contributed by atoms with Crippen LogP contribution in [0.1, 0.15) is 20.8 Å². The summed E-state index contributed by atoms with van der Waals surface area (Å²) in [6.07, 6.45) is 1.13. The summed E-state index contributed by atoms with van der Waals surface area (Å²) >= 11 is 3.34. The monoisotopic (exact) mass is 323 g/mol. The highest BCUT2D eigenvalue weighted by Crippen LogP contribution is 2.18. The number of pyridine rings is 2. The van der Waals surface area contributed by atoms with Crippen LogP contribution in [0.15, 0.2) is 28.9 Å². The van der Waals surface area contributed by atoms with Gasteiger partial charge in [-0.05, 0) is 54.9 Å². The first-order valence-electron chi connectivity index (χ1n) is 5.76. The Bertz CT molecular complexity index is 623. The van der Waals surface area contributed by atoms with Gasteiger partial charge >= 0.3 is 6.09 Å². The van der Waals surface area contributed by atoms with Crippen LogP contribution in [0.5, 0.6) is 0 Å². The van der Waals surface area contributed by atoms with E-state index in [1.54, 1.807) is 33.0 Å². The summed E-state index contributed by atoms with van der Waals surface area (Å²) in [5.74, 6) is 0.413. The smallest absolute Gasteiger partial charge is 0.413 e. The van der Waals surface area contributed by atoms with Crippen LogP contribution in [0.25, 0.3) is 11.0 Å². The number of carbonyl (C=O) groups is 1. The topological polar surface area (TPSA) is 64.1 Å². The van der Waals surface area contributed by atoms with Crippen molar-refractivity contribution in [2.75, 3.05) is 5.32 Å². The van der Waals surface area contributed by atoms with E-state index in [9.17, 15) is 4.79 Å². The SMILES string of the molecule is CC(C)(C)OC(=O)Nc1ccc2cc(Br)cnc2n1. The van der Waals surface area contributed by atoms with Crippen molar-refractivity contribution in [3.8, 4) is 0 Å². The molecule has 19 heavy (non-hydrogen) atoms. The van der Waals surface area contributed by atoms with Crippen LogP contribution < -0.4 is 5.32 Å². The molecule has 6 heteroatoms. The number of amides is 1. The van der Waals surface area contributed by atoms with Gasteiger partial charge in [-0.15, -0.1) is 0 Å². The number of ether oxygens (including phenoxy) is 1. The third-order valence-electron chi connectivity index (χ3n) is 2.14. The minimum atomic E-state index is -0.538. The molecule has 0 fully saturated rings. The second kappa shape index (κ2) is 5.13. The van der Waals surface area contributed by atoms with Crippen LogP contribution in [-0.2, 0) is 4.74 Å². The molecular formula is C13H14BrN3O2. The number of nitrogens with one attached hydrogen (secondary N) is 1. The zero-order chi connectivity index (χ0) is 14.0. The maximum absolute atomic E-state index is 11.6. The van der Waals surface area contributed by atoms with E-state index in [1.165, 1.54) is 0 Å². The molecule has 0 atom stereocenters. The van der Waals surface area contributed by atoms with Crippen LogP contribution in [0, 0.1) is 0 Å². The van der Waals surface area contributed by atoms with Crippen molar-refractivity contribution in [1.82, 2.24) is 9.97 Å². The Morgan fingerprint density at radius 1 is 1.37 bits per heavy atom. The molecule has 5 nitrogen and oxygen atoms in total. The van der Waals surface area contributed by atoms with E-state index in [2.05, 4.69) is 31.2 Å². The van der Waals surface area contributed by atoms with Gasteiger partial charge in [0, 0.05) is 16.1 Å². The number of carbonyl (C=O) groups excluding carboxylic acids is 1. The lowest BCUT2D eigenvalue weighted by Gasteiger charge is -2.19. The predicted molar refractivity (Wildman–Crippen MR) is 77.1 cm³/mol. The lowest BCUT2D eigenvalue weighted by molar-refractivity contribution is 0.0635. The Morgan fingerprint density at radius 2 is 2.11 bits per heavy atom. The third kappa shape index (κ3) is 3.89. The molecular weight excluding hydrogens is 310 g/mol. The Balaban J connectivity index is 2.18. The molecule has 2 aromatic rings. The number of anilines is 1. The molecule has 0 saturated heterocycles. The number of nitrogens with zero attached hydrogens (tertiary/aromatic N) is 2. The van der Waals surface area contributed by atoms with Gasteiger partial charge in [0.25, 0.3) is 0 Å². The van der Waals surface area contributed by atoms with Crippen molar-refractivity contribution in [2.24, 2.45) is 0 Å². The Kier molecular flexibility index (Phi) is 3.71. The fraction of sp³-hybridized carbons (Fsp3) is 0.308. The highest BCUT2D eigenvalue weighted by molar-refractivity contribution is 9.10. The molecule has 0 aliphatic rings. The fourth-order valence-corrected chi connectivity index (χ4v) is 1.81. The number of hydrogen-bond acceptors (Lipinski definition) is 4. The highest BCUT2D eigenvalue weighted by atomic mass is 79.9. The van der Waals surface area contributed by atoms with E-state index in [0.717, 1.165) is 9.86 Å². The molecule has 0 unspecified atom stereocenters. The molecule has 2 heterocycles. The second-order valence-electron chi connectivity index (χ2n) is 5.02. The molecule has 2 aromatic heterocycles. The van der Waals surface area contributed by atoms with Gasteiger partial charge in [0.15, 0.2) is 5.65 Å². The van der Waals surface area contributed by atoms with Gasteiger partial charge in [-0.25, -0.2) is 14.8 Å². The van der Waals surface area contributed by atoms with Gasteiger partial charge in [-0.2, -0.15) is 0 Å². The molecule has 1 amide bonds. The van der Waals surface area contributed by atoms with Crippen LogP contribution in [0.2, 0.25) is 0 Å². The maximum Gasteiger partial charge on any atom is 0.413 e. The molecule has 0 radical (unpaired) electrons. The summed E-state index contributed by atoms with van der Waals surface area (Å²) in [6, 6.07) is 5.46. The standard InChI is InChI=1S/C13H14BrN3O2/c1-13(2,3)19-12(18)17-10-5-4-8-6-9(14)7-15-11(8)16-10/h4-7H,1-3H3,(H,15,16,17,18). The van der Waals surface area contributed by atoms with Gasteiger partial charge in [-0.3, -0.25) is 5.32 Å². The second-order valence-corrected chi connectivity index (χ2v) is 5.94. The lowest BCUT2D eigenvalue weighted by Crippen LogP contribution is -2.27. The van der Waals surface area contributed by atoms with E-state index < -0.39 is 11.7 Å². The maximum atomic E-state index is 11.6. The number of aromatic nitrogens is 2.